The quantitative estimate of drug-likeness (QED) is 0.254. The Kier molecular flexibility index (Phi) is 7.13. The van der Waals surface area contributed by atoms with Crippen LogP contribution in [0.4, 0.5) is 5.95 Å². The maximum atomic E-state index is 13.2. The molecular formula is C29H27N5O3S. The van der Waals surface area contributed by atoms with Gasteiger partial charge in [0.25, 0.3) is 11.8 Å². The van der Waals surface area contributed by atoms with Crippen molar-refractivity contribution in [3.05, 3.63) is 95.3 Å². The van der Waals surface area contributed by atoms with E-state index in [1.54, 1.807) is 30.7 Å². The highest BCUT2D eigenvalue weighted by Gasteiger charge is 2.19. The molecule has 9 heteroatoms. The summed E-state index contributed by atoms with van der Waals surface area (Å²) in [6.45, 7) is 4.41. The van der Waals surface area contributed by atoms with Crippen LogP contribution in [0.15, 0.2) is 77.8 Å². The molecule has 0 aliphatic carbocycles. The van der Waals surface area contributed by atoms with Crippen molar-refractivity contribution in [2.45, 2.75) is 31.2 Å². The normalized spacial score (nSPS) is 12.1. The maximum absolute atomic E-state index is 13.2. The third-order valence-corrected chi connectivity index (χ3v) is 7.26. The fourth-order valence-electron chi connectivity index (χ4n) is 4.16. The van der Waals surface area contributed by atoms with E-state index in [2.05, 4.69) is 25.6 Å². The lowest BCUT2D eigenvalue weighted by atomic mass is 9.99. The number of amides is 2. The van der Waals surface area contributed by atoms with Gasteiger partial charge in [0, 0.05) is 18.1 Å². The summed E-state index contributed by atoms with van der Waals surface area (Å²) < 4.78 is 11.6. The number of benzene rings is 3. The van der Waals surface area contributed by atoms with Gasteiger partial charge >= 0.3 is 0 Å². The van der Waals surface area contributed by atoms with E-state index in [9.17, 15) is 14.1 Å². The van der Waals surface area contributed by atoms with Crippen molar-refractivity contribution in [1.82, 2.24) is 20.3 Å². The molecule has 0 aliphatic rings. The van der Waals surface area contributed by atoms with Gasteiger partial charge in [-0.2, -0.15) is 0 Å². The fourth-order valence-corrected chi connectivity index (χ4v) is 4.68. The number of carbonyl (C=O) groups excluding carboxylic acids is 2. The zero-order valence-electron chi connectivity index (χ0n) is 21.2. The van der Waals surface area contributed by atoms with Crippen LogP contribution in [0.1, 0.15) is 51.7 Å². The number of hydrogen-bond donors (Lipinski definition) is 3. The zero-order valence-corrected chi connectivity index (χ0v) is 22.1. The van der Waals surface area contributed by atoms with Crippen molar-refractivity contribution >= 4 is 50.7 Å². The van der Waals surface area contributed by atoms with Gasteiger partial charge in [0.1, 0.15) is 17.5 Å². The molecule has 38 heavy (non-hydrogen) atoms. The molecule has 1 atom stereocenters. The van der Waals surface area contributed by atoms with Crippen LogP contribution in [0.3, 0.4) is 0 Å². The van der Waals surface area contributed by atoms with Gasteiger partial charge in [-0.15, -0.1) is 0 Å². The highest BCUT2D eigenvalue weighted by molar-refractivity contribution is 7.90. The molecule has 0 radical (unpaired) electrons. The first-order valence-electron chi connectivity index (χ1n) is 12.2. The molecule has 0 spiro atoms. The molecule has 192 valence electrons. The molecule has 0 saturated heterocycles. The number of nitrogens with zero attached hydrogens (tertiary/aromatic N) is 2. The van der Waals surface area contributed by atoms with E-state index in [0.29, 0.717) is 23.1 Å². The lowest BCUT2D eigenvalue weighted by Gasteiger charge is -2.11. The average molecular weight is 526 g/mol. The molecule has 2 aromatic heterocycles. The predicted molar refractivity (Wildman–Crippen MR) is 150 cm³/mol. The molecule has 0 bridgehead atoms. The van der Waals surface area contributed by atoms with Gasteiger partial charge in [0.15, 0.2) is 4.90 Å². The van der Waals surface area contributed by atoms with Gasteiger partial charge in [-0.05, 0) is 63.9 Å². The van der Waals surface area contributed by atoms with E-state index in [1.807, 2.05) is 62.4 Å². The number of fused-ring (bicyclic) bond motifs is 2. The first-order chi connectivity index (χ1) is 18.3. The van der Waals surface area contributed by atoms with Crippen molar-refractivity contribution < 1.29 is 14.1 Å². The highest BCUT2D eigenvalue weighted by Crippen LogP contribution is 2.26. The Hall–Kier alpha value is -4.21. The Morgan fingerprint density at radius 1 is 1.00 bits per heavy atom. The van der Waals surface area contributed by atoms with Crippen molar-refractivity contribution in [3.8, 4) is 0 Å². The maximum Gasteiger partial charge on any atom is 0.276 e. The smallest absolute Gasteiger partial charge is 0.276 e. The van der Waals surface area contributed by atoms with E-state index in [0.717, 1.165) is 26.8 Å². The number of imidazole rings is 1. The Morgan fingerprint density at radius 2 is 1.74 bits per heavy atom. The van der Waals surface area contributed by atoms with Gasteiger partial charge in [0.05, 0.1) is 11.1 Å². The minimum atomic E-state index is -1.06. The Bertz CT molecular complexity index is 1640. The van der Waals surface area contributed by atoms with Gasteiger partial charge in [-0.3, -0.25) is 19.9 Å². The number of aromatic nitrogens is 3. The molecule has 8 nitrogen and oxygen atoms in total. The summed E-state index contributed by atoms with van der Waals surface area (Å²) in [5, 5.41) is 7.58. The summed E-state index contributed by atoms with van der Waals surface area (Å²) in [5.41, 5.74) is 3.65. The lowest BCUT2D eigenvalue weighted by molar-refractivity contribution is 0.0951. The van der Waals surface area contributed by atoms with E-state index >= 15 is 0 Å². The molecule has 3 aromatic carbocycles. The van der Waals surface area contributed by atoms with Crippen LogP contribution in [0.2, 0.25) is 0 Å². The standard InChI is InChI=1S/C29H27N5O3S/c1-17(2)21-12-23(27(35)31-15-18-8-10-22(11-9-18)38(3)37)26-24(14-21)32-29(33-26)34-28(36)25-13-19-6-4-5-7-20(19)16-30-25/h4-14,16-17H,15H2,1-3H3,(H,31,35)(H2,32,33,34,36). The summed E-state index contributed by atoms with van der Waals surface area (Å²) in [6.07, 6.45) is 3.29. The number of rotatable bonds is 7. The average Bonchev–Trinajstić information content (AvgIpc) is 3.33. The second-order valence-electron chi connectivity index (χ2n) is 9.36. The van der Waals surface area contributed by atoms with Gasteiger partial charge < -0.3 is 14.9 Å². The first-order valence-corrected chi connectivity index (χ1v) is 13.7. The Labute approximate surface area is 223 Å². The summed E-state index contributed by atoms with van der Waals surface area (Å²) in [4.78, 5) is 38.8. The van der Waals surface area contributed by atoms with Gasteiger partial charge in [-0.1, -0.05) is 50.2 Å². The number of nitrogens with one attached hydrogen (secondary N) is 3. The second-order valence-corrected chi connectivity index (χ2v) is 10.7. The molecule has 1 unspecified atom stereocenters. The molecule has 3 N–H and O–H groups in total. The monoisotopic (exact) mass is 525 g/mol. The van der Waals surface area contributed by atoms with E-state index in [-0.39, 0.29) is 23.5 Å². The number of pyridine rings is 1. The molecule has 2 amide bonds. The predicted octanol–water partition coefficient (Wildman–Crippen LogP) is 5.15. The molecule has 0 aliphatic heterocycles. The summed E-state index contributed by atoms with van der Waals surface area (Å²) >= 11 is -1.06. The van der Waals surface area contributed by atoms with Crippen molar-refractivity contribution in [3.63, 3.8) is 0 Å². The fraction of sp³-hybridized carbons (Fsp3) is 0.172. The molecule has 2 heterocycles. The molecule has 5 rings (SSSR count). The SMILES string of the molecule is CC(C)c1cc(C(=O)NCc2ccc([S+](C)[O-])cc2)c2nc(NC(=O)c3cc4ccccc4cn3)[nH]c2c1. The zero-order chi connectivity index (χ0) is 26.8. The highest BCUT2D eigenvalue weighted by atomic mass is 32.2. The number of anilines is 1. The Balaban J connectivity index is 1.39. The summed E-state index contributed by atoms with van der Waals surface area (Å²) in [5.74, 6) is -0.266. The van der Waals surface area contributed by atoms with Crippen LogP contribution in [-0.2, 0) is 17.7 Å². The molecule has 0 fully saturated rings. The number of hydrogen-bond acceptors (Lipinski definition) is 5. The van der Waals surface area contributed by atoms with Gasteiger partial charge in [-0.25, -0.2) is 4.98 Å². The second kappa shape index (κ2) is 10.6. The van der Waals surface area contributed by atoms with Crippen LogP contribution in [0, 0.1) is 0 Å². The van der Waals surface area contributed by atoms with Crippen LogP contribution in [-0.4, -0.2) is 37.6 Å². The summed E-state index contributed by atoms with van der Waals surface area (Å²) in [7, 11) is 0. The van der Waals surface area contributed by atoms with E-state index in [1.165, 1.54) is 0 Å². The minimum Gasteiger partial charge on any atom is -0.612 e. The van der Waals surface area contributed by atoms with Crippen molar-refractivity contribution in [2.75, 3.05) is 11.6 Å². The van der Waals surface area contributed by atoms with Crippen molar-refractivity contribution in [1.29, 1.82) is 0 Å². The van der Waals surface area contributed by atoms with Crippen LogP contribution < -0.4 is 10.6 Å². The van der Waals surface area contributed by atoms with Gasteiger partial charge in [0.2, 0.25) is 5.95 Å². The van der Waals surface area contributed by atoms with E-state index < -0.39 is 17.1 Å². The first kappa shape index (κ1) is 25.4. The van der Waals surface area contributed by atoms with Crippen LogP contribution in [0.5, 0.6) is 0 Å². The number of carbonyl (C=O) groups is 2. The van der Waals surface area contributed by atoms with Crippen LogP contribution in [0.25, 0.3) is 21.8 Å². The topological polar surface area (TPSA) is 123 Å². The largest absolute Gasteiger partial charge is 0.612 e. The van der Waals surface area contributed by atoms with Crippen LogP contribution >= 0.6 is 0 Å². The van der Waals surface area contributed by atoms with E-state index in [4.69, 9.17) is 0 Å². The third kappa shape index (κ3) is 5.39. The Morgan fingerprint density at radius 3 is 2.45 bits per heavy atom. The molecule has 0 saturated carbocycles. The minimum absolute atomic E-state index is 0.177. The summed E-state index contributed by atoms with van der Waals surface area (Å²) in [6, 6.07) is 20.5. The molecular weight excluding hydrogens is 498 g/mol. The molecule has 5 aromatic rings. The number of H-pyrrole nitrogens is 1. The van der Waals surface area contributed by atoms with Crippen molar-refractivity contribution in [2.24, 2.45) is 0 Å². The lowest BCUT2D eigenvalue weighted by Crippen LogP contribution is -2.23. The number of aromatic amines is 1. The third-order valence-electron chi connectivity index (χ3n) is 6.32.